The van der Waals surface area contributed by atoms with Crippen LogP contribution in [0.15, 0.2) is 64.8 Å². The maximum Gasteiger partial charge on any atom is 0.259 e. The van der Waals surface area contributed by atoms with Crippen LogP contribution in [0, 0.1) is 0 Å². The fourth-order valence-corrected chi connectivity index (χ4v) is 6.30. The number of hydrazone groups is 1. The highest BCUT2D eigenvalue weighted by atomic mass is 16.5. The van der Waals surface area contributed by atoms with Crippen molar-refractivity contribution in [1.82, 2.24) is 24.6 Å². The maximum absolute atomic E-state index is 14.4. The van der Waals surface area contributed by atoms with Gasteiger partial charge in [0.2, 0.25) is 11.7 Å². The number of aryl methyl sites for hydroxylation is 1. The highest BCUT2D eigenvalue weighted by Crippen LogP contribution is 2.31. The van der Waals surface area contributed by atoms with E-state index < -0.39 is 0 Å². The van der Waals surface area contributed by atoms with Gasteiger partial charge in [-0.2, -0.15) is 15.2 Å². The second-order valence-corrected chi connectivity index (χ2v) is 11.3. The van der Waals surface area contributed by atoms with E-state index in [1.165, 1.54) is 0 Å². The first-order valence-electron chi connectivity index (χ1n) is 14.6. The fraction of sp³-hybridized carbons (Fsp3) is 0.406. The number of aromatic nitrogens is 4. The van der Waals surface area contributed by atoms with Gasteiger partial charge in [0.1, 0.15) is 6.33 Å². The van der Waals surface area contributed by atoms with Crippen molar-refractivity contribution in [3.05, 3.63) is 87.6 Å². The number of hydrogen-bond acceptors (Lipinski definition) is 6. The summed E-state index contributed by atoms with van der Waals surface area (Å²) >= 11 is 0. The normalized spacial score (nSPS) is 20.8. The molecule has 6 rings (SSSR count). The molecule has 0 radical (unpaired) electrons. The lowest BCUT2D eigenvalue weighted by Crippen LogP contribution is -2.38. The van der Waals surface area contributed by atoms with Gasteiger partial charge in [0.05, 0.1) is 30.0 Å². The van der Waals surface area contributed by atoms with Gasteiger partial charge in [0.15, 0.2) is 0 Å². The van der Waals surface area contributed by atoms with Gasteiger partial charge >= 0.3 is 0 Å². The zero-order chi connectivity index (χ0) is 28.5. The summed E-state index contributed by atoms with van der Waals surface area (Å²) in [6.45, 7) is 6.27. The SMILES string of the molecule is CCCCc1c(Cc2ccc(-c3ccccc3)c(C3=NNC(=O)C3)c2)c(=O)n(C2CC(C)OC(C)C2)c2ncnn12. The molecule has 1 amide bonds. The number of unbranched alkanes of at least 4 members (excludes halogenated alkanes) is 1. The van der Waals surface area contributed by atoms with Gasteiger partial charge in [0.25, 0.3) is 5.56 Å². The van der Waals surface area contributed by atoms with Crippen molar-refractivity contribution in [1.29, 1.82) is 0 Å². The van der Waals surface area contributed by atoms with E-state index in [1.54, 1.807) is 6.33 Å². The average Bonchev–Trinajstić information content (AvgIpc) is 3.62. The van der Waals surface area contributed by atoms with E-state index >= 15 is 0 Å². The minimum Gasteiger partial charge on any atom is -0.375 e. The van der Waals surface area contributed by atoms with Gasteiger partial charge < -0.3 is 4.74 Å². The second kappa shape index (κ2) is 11.4. The number of amides is 1. The summed E-state index contributed by atoms with van der Waals surface area (Å²) in [5, 5.41) is 8.94. The van der Waals surface area contributed by atoms with Crippen LogP contribution in [0.5, 0.6) is 0 Å². The summed E-state index contributed by atoms with van der Waals surface area (Å²) in [6.07, 6.45) is 6.51. The Balaban J connectivity index is 1.48. The van der Waals surface area contributed by atoms with Crippen LogP contribution in [-0.2, 0) is 22.4 Å². The zero-order valence-electron chi connectivity index (χ0n) is 23.8. The van der Waals surface area contributed by atoms with E-state index in [1.807, 2.05) is 27.3 Å². The number of ether oxygens (including phenoxy) is 1. The summed E-state index contributed by atoms with van der Waals surface area (Å²) in [4.78, 5) is 31.1. The predicted octanol–water partition coefficient (Wildman–Crippen LogP) is 4.84. The van der Waals surface area contributed by atoms with Crippen molar-refractivity contribution in [2.24, 2.45) is 5.10 Å². The zero-order valence-corrected chi connectivity index (χ0v) is 23.8. The van der Waals surface area contributed by atoms with E-state index in [0.29, 0.717) is 17.9 Å². The van der Waals surface area contributed by atoms with Crippen molar-refractivity contribution in [3.8, 4) is 11.1 Å². The van der Waals surface area contributed by atoms with Crippen molar-refractivity contribution in [2.75, 3.05) is 0 Å². The number of fused-ring (bicyclic) bond motifs is 1. The molecule has 0 saturated carbocycles. The van der Waals surface area contributed by atoms with Crippen LogP contribution < -0.4 is 11.0 Å². The topological polar surface area (TPSA) is 103 Å². The van der Waals surface area contributed by atoms with Gasteiger partial charge in [0, 0.05) is 23.6 Å². The molecule has 1 N–H and O–H groups in total. The minimum absolute atomic E-state index is 0.00774. The molecule has 9 nitrogen and oxygen atoms in total. The van der Waals surface area contributed by atoms with Crippen molar-refractivity contribution >= 4 is 17.4 Å². The molecule has 0 aliphatic carbocycles. The van der Waals surface area contributed by atoms with Crippen LogP contribution in [0.25, 0.3) is 16.9 Å². The number of carbonyl (C=O) groups is 1. The van der Waals surface area contributed by atoms with E-state index in [-0.39, 0.29) is 36.1 Å². The Kier molecular flexibility index (Phi) is 7.53. The summed E-state index contributed by atoms with van der Waals surface area (Å²) in [5.41, 5.74) is 8.88. The summed E-state index contributed by atoms with van der Waals surface area (Å²) < 4.78 is 9.73. The van der Waals surface area contributed by atoms with Crippen molar-refractivity contribution in [2.45, 2.75) is 84.0 Å². The molecule has 2 aromatic carbocycles. The molecule has 0 bridgehead atoms. The molecule has 1 saturated heterocycles. The Morgan fingerprint density at radius 1 is 1.02 bits per heavy atom. The molecule has 2 aliphatic heterocycles. The summed E-state index contributed by atoms with van der Waals surface area (Å²) in [6, 6.07) is 16.3. The van der Waals surface area contributed by atoms with Gasteiger partial charge in [-0.25, -0.2) is 9.94 Å². The third-order valence-corrected chi connectivity index (χ3v) is 8.14. The third kappa shape index (κ3) is 5.34. The molecule has 2 unspecified atom stereocenters. The standard InChI is InChI=1S/C32H36N6O3/c1-4-5-11-29-27(31(40)37(32-33-19-34-38(29)32)24-14-20(2)41-21(3)15-24)17-22-12-13-25(23-9-7-6-8-10-23)26(16-22)28-18-30(39)36-35-28/h6-10,12-13,16,19-21,24H,4-5,11,14-15,17-18H2,1-3H3,(H,36,39). The Morgan fingerprint density at radius 2 is 1.80 bits per heavy atom. The Hall–Kier alpha value is -4.11. The first-order chi connectivity index (χ1) is 19.9. The molecule has 0 spiro atoms. The molecule has 2 aliphatic rings. The second-order valence-electron chi connectivity index (χ2n) is 11.3. The van der Waals surface area contributed by atoms with E-state index in [9.17, 15) is 9.59 Å². The Bertz CT molecular complexity index is 1660. The Labute approximate surface area is 239 Å². The predicted molar refractivity (Wildman–Crippen MR) is 158 cm³/mol. The van der Waals surface area contributed by atoms with Crippen LogP contribution >= 0.6 is 0 Å². The molecule has 9 heteroatoms. The number of carbonyl (C=O) groups excluding carboxylic acids is 1. The van der Waals surface area contributed by atoms with Crippen LogP contribution in [0.2, 0.25) is 0 Å². The lowest BCUT2D eigenvalue weighted by Gasteiger charge is -2.33. The quantitative estimate of drug-likeness (QED) is 0.337. The summed E-state index contributed by atoms with van der Waals surface area (Å²) in [7, 11) is 0. The van der Waals surface area contributed by atoms with Gasteiger partial charge in [-0.05, 0) is 62.3 Å². The first kappa shape index (κ1) is 27.1. The monoisotopic (exact) mass is 552 g/mol. The molecule has 4 aromatic rings. The fourth-order valence-electron chi connectivity index (χ4n) is 6.30. The van der Waals surface area contributed by atoms with Crippen LogP contribution in [-0.4, -0.2) is 43.0 Å². The molecular formula is C32H36N6O3. The molecule has 41 heavy (non-hydrogen) atoms. The van der Waals surface area contributed by atoms with Crippen LogP contribution in [0.3, 0.4) is 0 Å². The van der Waals surface area contributed by atoms with Crippen molar-refractivity contribution in [3.63, 3.8) is 0 Å². The molecule has 212 valence electrons. The first-order valence-corrected chi connectivity index (χ1v) is 14.6. The third-order valence-electron chi connectivity index (χ3n) is 8.14. The molecular weight excluding hydrogens is 516 g/mol. The Morgan fingerprint density at radius 3 is 2.51 bits per heavy atom. The van der Waals surface area contributed by atoms with E-state index in [2.05, 4.69) is 71.7 Å². The van der Waals surface area contributed by atoms with Gasteiger partial charge in [-0.1, -0.05) is 55.8 Å². The largest absolute Gasteiger partial charge is 0.375 e. The molecule has 4 heterocycles. The molecule has 2 aromatic heterocycles. The number of hydrogen-bond donors (Lipinski definition) is 1. The maximum atomic E-state index is 14.4. The molecule has 1 fully saturated rings. The van der Waals surface area contributed by atoms with Crippen LogP contribution in [0.1, 0.15) is 81.3 Å². The summed E-state index contributed by atoms with van der Waals surface area (Å²) in [5.74, 6) is 0.479. The number of benzene rings is 2. The lowest BCUT2D eigenvalue weighted by molar-refractivity contribution is -0.119. The minimum atomic E-state index is -0.120. The van der Waals surface area contributed by atoms with Gasteiger partial charge in [-0.15, -0.1) is 0 Å². The average molecular weight is 553 g/mol. The lowest BCUT2D eigenvalue weighted by atomic mass is 9.91. The number of nitrogens with zero attached hydrogens (tertiary/aromatic N) is 5. The van der Waals surface area contributed by atoms with Gasteiger partial charge in [-0.3, -0.25) is 14.2 Å². The smallest absolute Gasteiger partial charge is 0.259 e. The molecule has 2 atom stereocenters. The highest BCUT2D eigenvalue weighted by molar-refractivity contribution is 6.16. The number of rotatable bonds is 8. The number of nitrogens with one attached hydrogen (secondary N) is 1. The van der Waals surface area contributed by atoms with Crippen LogP contribution in [0.4, 0.5) is 0 Å². The van der Waals surface area contributed by atoms with E-state index in [4.69, 9.17) is 4.74 Å². The highest BCUT2D eigenvalue weighted by Gasteiger charge is 2.30. The van der Waals surface area contributed by atoms with E-state index in [0.717, 1.165) is 65.6 Å². The van der Waals surface area contributed by atoms with Crippen molar-refractivity contribution < 1.29 is 9.53 Å².